The molecule has 1 saturated heterocycles. The van der Waals surface area contributed by atoms with Crippen LogP contribution in [-0.2, 0) is 10.3 Å². The van der Waals surface area contributed by atoms with Gasteiger partial charge >= 0.3 is 5.97 Å². The van der Waals surface area contributed by atoms with E-state index in [-0.39, 0.29) is 23.4 Å². The highest BCUT2D eigenvalue weighted by molar-refractivity contribution is 5.89. The monoisotopic (exact) mass is 461 g/mol. The van der Waals surface area contributed by atoms with E-state index in [1.165, 1.54) is 32.1 Å². The quantitative estimate of drug-likeness (QED) is 0.639. The van der Waals surface area contributed by atoms with Gasteiger partial charge in [0, 0.05) is 12.1 Å². The summed E-state index contributed by atoms with van der Waals surface area (Å²) in [6.45, 7) is 5.37. The molecule has 5 aliphatic carbocycles. The Balaban J connectivity index is 1.24. The van der Waals surface area contributed by atoms with E-state index in [9.17, 15) is 9.59 Å². The van der Waals surface area contributed by atoms with Crippen molar-refractivity contribution >= 4 is 17.0 Å². The summed E-state index contributed by atoms with van der Waals surface area (Å²) in [5.74, 6) is 3.58. The third-order valence-electron chi connectivity index (χ3n) is 10.3. The van der Waals surface area contributed by atoms with Crippen molar-refractivity contribution in [1.82, 2.24) is 14.5 Å². The minimum Gasteiger partial charge on any atom is -0.461 e. The van der Waals surface area contributed by atoms with Gasteiger partial charge in [-0.2, -0.15) is 0 Å². The minimum atomic E-state index is -0.617. The van der Waals surface area contributed by atoms with Crippen LogP contribution in [0.15, 0.2) is 29.1 Å². The maximum Gasteiger partial charge on any atom is 0.362 e. The van der Waals surface area contributed by atoms with Gasteiger partial charge in [-0.25, -0.2) is 9.78 Å². The number of hydrogen-bond donors (Lipinski definition) is 0. The number of likely N-dealkylation sites (tertiary alicyclic amines) is 1. The lowest BCUT2D eigenvalue weighted by molar-refractivity contribution is -0.100. The third-order valence-corrected chi connectivity index (χ3v) is 10.3. The summed E-state index contributed by atoms with van der Waals surface area (Å²) >= 11 is 0. The topological polar surface area (TPSA) is 64.4 Å². The molecule has 1 aliphatic heterocycles. The van der Waals surface area contributed by atoms with Crippen LogP contribution in [0.2, 0.25) is 0 Å². The molecular weight excluding hydrogens is 426 g/mol. The van der Waals surface area contributed by atoms with Crippen molar-refractivity contribution in [3.8, 4) is 0 Å². The number of nitrogens with zero attached hydrogens (tertiary/aromatic N) is 3. The first-order valence-electron chi connectivity index (χ1n) is 13.4. The average Bonchev–Trinajstić information content (AvgIpc) is 3.16. The van der Waals surface area contributed by atoms with Crippen molar-refractivity contribution in [2.24, 2.45) is 29.6 Å². The summed E-state index contributed by atoms with van der Waals surface area (Å²) < 4.78 is 7.10. The van der Waals surface area contributed by atoms with Crippen LogP contribution in [0.1, 0.15) is 69.3 Å². The number of para-hydroxylation sites is 2. The van der Waals surface area contributed by atoms with Gasteiger partial charge in [-0.1, -0.05) is 12.1 Å². The molecule has 180 valence electrons. The van der Waals surface area contributed by atoms with Crippen LogP contribution in [0, 0.1) is 29.6 Å². The number of ether oxygens (including phenoxy) is 1. The molecule has 3 atom stereocenters. The summed E-state index contributed by atoms with van der Waals surface area (Å²) in [6, 6.07) is 9.05. The largest absolute Gasteiger partial charge is 0.461 e. The number of hydrogen-bond acceptors (Lipinski definition) is 5. The Labute approximate surface area is 200 Å². The molecule has 2 heterocycles. The van der Waals surface area contributed by atoms with Gasteiger partial charge in [0.1, 0.15) is 0 Å². The van der Waals surface area contributed by atoms with Crippen LogP contribution < -0.4 is 5.56 Å². The van der Waals surface area contributed by atoms with Crippen molar-refractivity contribution in [2.75, 3.05) is 13.2 Å². The van der Waals surface area contributed by atoms with Gasteiger partial charge in [0.15, 0.2) is 0 Å². The van der Waals surface area contributed by atoms with Crippen molar-refractivity contribution in [1.29, 1.82) is 0 Å². The molecule has 8 rings (SSSR count). The van der Waals surface area contributed by atoms with E-state index in [1.54, 1.807) is 6.92 Å². The van der Waals surface area contributed by atoms with Gasteiger partial charge in [-0.15, -0.1) is 0 Å². The minimum absolute atomic E-state index is 0.0823. The second-order valence-corrected chi connectivity index (χ2v) is 12.0. The fraction of sp³-hybridized carbons (Fsp3) is 0.679. The third kappa shape index (κ3) is 2.81. The first kappa shape index (κ1) is 21.1. The number of rotatable bonds is 4. The van der Waals surface area contributed by atoms with E-state index < -0.39 is 5.97 Å². The summed E-state index contributed by atoms with van der Waals surface area (Å²) in [4.78, 5) is 33.6. The predicted molar refractivity (Wildman–Crippen MR) is 130 cm³/mol. The lowest BCUT2D eigenvalue weighted by atomic mass is 9.53. The van der Waals surface area contributed by atoms with Gasteiger partial charge in [0.05, 0.1) is 23.2 Å². The molecule has 0 radical (unpaired) electrons. The average molecular weight is 462 g/mol. The van der Waals surface area contributed by atoms with Crippen LogP contribution in [0.4, 0.5) is 0 Å². The van der Waals surface area contributed by atoms with E-state index in [1.807, 2.05) is 28.8 Å². The highest BCUT2D eigenvalue weighted by Gasteiger charge is 2.61. The molecule has 2 aromatic rings. The molecule has 4 bridgehead atoms. The number of carbonyl (C=O) groups excluding carboxylic acids is 1. The van der Waals surface area contributed by atoms with Crippen LogP contribution in [0.25, 0.3) is 11.0 Å². The smallest absolute Gasteiger partial charge is 0.362 e. The van der Waals surface area contributed by atoms with E-state index in [0.29, 0.717) is 17.5 Å². The summed E-state index contributed by atoms with van der Waals surface area (Å²) in [5.41, 5.74) is 0.833. The second-order valence-electron chi connectivity index (χ2n) is 12.0. The van der Waals surface area contributed by atoms with Gasteiger partial charge in [0.25, 0.3) is 5.56 Å². The summed E-state index contributed by atoms with van der Waals surface area (Å²) in [5, 5.41) is 0. The second kappa shape index (κ2) is 7.39. The van der Waals surface area contributed by atoms with E-state index in [4.69, 9.17) is 4.74 Å². The lowest BCUT2D eigenvalue weighted by Gasteiger charge is -2.60. The zero-order valence-corrected chi connectivity index (χ0v) is 20.3. The Bertz CT molecular complexity index is 1190. The highest BCUT2D eigenvalue weighted by atomic mass is 16.5. The van der Waals surface area contributed by atoms with Crippen molar-refractivity contribution < 1.29 is 9.53 Å². The number of carbonyl (C=O) groups is 1. The van der Waals surface area contributed by atoms with E-state index >= 15 is 0 Å². The molecule has 6 heteroatoms. The first-order chi connectivity index (χ1) is 16.5. The van der Waals surface area contributed by atoms with Crippen LogP contribution >= 0.6 is 0 Å². The SMILES string of the molecule is CCOC(=O)c1nc2ccccc2n([C@@]2(C)C[C@@H]3C2CCN3C2C3CC4CC(C3)CC2C4)c1=O. The summed E-state index contributed by atoms with van der Waals surface area (Å²) in [6.07, 6.45) is 9.36. The molecule has 1 unspecified atom stereocenters. The van der Waals surface area contributed by atoms with Crippen LogP contribution in [-0.4, -0.2) is 45.7 Å². The normalized spacial score (nSPS) is 40.4. The Morgan fingerprint density at radius 3 is 2.53 bits per heavy atom. The summed E-state index contributed by atoms with van der Waals surface area (Å²) in [7, 11) is 0. The molecule has 0 spiro atoms. The molecule has 6 aliphatic rings. The van der Waals surface area contributed by atoms with Crippen molar-refractivity contribution in [3.05, 3.63) is 40.3 Å². The fourth-order valence-electron chi connectivity index (χ4n) is 9.31. The van der Waals surface area contributed by atoms with Crippen LogP contribution in [0.3, 0.4) is 0 Å². The van der Waals surface area contributed by atoms with Gasteiger partial charge in [-0.3, -0.25) is 14.3 Å². The maximum absolute atomic E-state index is 13.7. The molecule has 1 aromatic carbocycles. The molecule has 1 aromatic heterocycles. The van der Waals surface area contributed by atoms with Crippen molar-refractivity contribution in [3.63, 3.8) is 0 Å². The van der Waals surface area contributed by atoms with Gasteiger partial charge in [-0.05, 0) is 107 Å². The predicted octanol–water partition coefficient (Wildman–Crippen LogP) is 4.21. The standard InChI is InChI=1S/C28H35N3O3/c1-3-34-27(33)24-26(32)31(22-7-5-4-6-21(22)29-24)28(2)15-23-20(28)8-9-30(23)25-18-11-16-10-17(13-18)14-19(25)12-16/h4-7,16-20,23,25H,3,8-15H2,1-2H3/t16?,17?,18?,19?,20?,23-,25?,28+/m1/s1. The van der Waals surface area contributed by atoms with Crippen LogP contribution in [0.5, 0.6) is 0 Å². The lowest BCUT2D eigenvalue weighted by Crippen LogP contribution is -2.65. The van der Waals surface area contributed by atoms with E-state index in [2.05, 4.69) is 16.8 Å². The molecule has 6 nitrogen and oxygen atoms in total. The van der Waals surface area contributed by atoms with Gasteiger partial charge < -0.3 is 4.74 Å². The number of aromatic nitrogens is 2. The number of fused-ring (bicyclic) bond motifs is 2. The maximum atomic E-state index is 13.7. The Kier molecular flexibility index (Phi) is 4.59. The number of benzene rings is 1. The Morgan fingerprint density at radius 1 is 1.12 bits per heavy atom. The Morgan fingerprint density at radius 2 is 1.82 bits per heavy atom. The van der Waals surface area contributed by atoms with Gasteiger partial charge in [0.2, 0.25) is 5.69 Å². The zero-order chi connectivity index (χ0) is 23.2. The molecule has 0 N–H and O–H groups in total. The molecule has 6 fully saturated rings. The number of esters is 1. The molecule has 5 saturated carbocycles. The molecule has 0 amide bonds. The molecule has 34 heavy (non-hydrogen) atoms. The first-order valence-corrected chi connectivity index (χ1v) is 13.4. The van der Waals surface area contributed by atoms with Crippen molar-refractivity contribution in [2.45, 2.75) is 76.4 Å². The van der Waals surface area contributed by atoms with E-state index in [0.717, 1.165) is 54.6 Å². The Hall–Kier alpha value is -2.21. The fourth-order valence-corrected chi connectivity index (χ4v) is 9.31. The zero-order valence-electron chi connectivity index (χ0n) is 20.3. The molecular formula is C28H35N3O3. The highest BCUT2D eigenvalue weighted by Crippen LogP contribution is 2.60.